The maximum Gasteiger partial charge on any atom is 0.269 e. The van der Waals surface area contributed by atoms with Crippen molar-refractivity contribution in [1.29, 1.82) is 0 Å². The van der Waals surface area contributed by atoms with Crippen LogP contribution in [-0.2, 0) is 6.42 Å². The summed E-state index contributed by atoms with van der Waals surface area (Å²) >= 11 is 0. The summed E-state index contributed by atoms with van der Waals surface area (Å²) in [4.78, 5) is 16.4. The van der Waals surface area contributed by atoms with E-state index in [0.29, 0.717) is 18.7 Å². The summed E-state index contributed by atoms with van der Waals surface area (Å²) in [5, 5.41) is 6.14. The molecule has 0 bridgehead atoms. The number of nitrogens with zero attached hydrogens (tertiary/aromatic N) is 1. The van der Waals surface area contributed by atoms with Crippen molar-refractivity contribution >= 4 is 17.3 Å². The van der Waals surface area contributed by atoms with Crippen LogP contribution >= 0.6 is 0 Å². The summed E-state index contributed by atoms with van der Waals surface area (Å²) in [5.74, 6) is -0.489. The second-order valence-electron chi connectivity index (χ2n) is 6.51. The van der Waals surface area contributed by atoms with Gasteiger partial charge in [-0.3, -0.25) is 4.79 Å². The molecule has 1 amide bonds. The van der Waals surface area contributed by atoms with Crippen LogP contribution in [0, 0.1) is 19.7 Å². The van der Waals surface area contributed by atoms with Gasteiger partial charge in [-0.05, 0) is 61.7 Å². The molecule has 4 nitrogen and oxygen atoms in total. The lowest BCUT2D eigenvalue weighted by atomic mass is 10.1. The Hall–Kier alpha value is -3.21. The van der Waals surface area contributed by atoms with Crippen LogP contribution in [0.15, 0.2) is 60.8 Å². The average molecular weight is 363 g/mol. The predicted molar refractivity (Wildman–Crippen MR) is 106 cm³/mol. The topological polar surface area (TPSA) is 54.0 Å². The van der Waals surface area contributed by atoms with Crippen molar-refractivity contribution in [2.75, 3.05) is 11.9 Å². The third kappa shape index (κ3) is 5.14. The standard InChI is InChI=1S/C22H22FN3O/c1-15-3-9-20(16(2)13-15)26-19-8-10-21(25-14-19)22(27)24-12-11-17-4-6-18(23)7-5-17/h3-10,13-14,26H,11-12H2,1-2H3,(H,24,27). The lowest BCUT2D eigenvalue weighted by Crippen LogP contribution is -2.26. The number of carbonyl (C=O) groups is 1. The number of amides is 1. The first kappa shape index (κ1) is 18.6. The minimum absolute atomic E-state index is 0.227. The Morgan fingerprint density at radius 2 is 1.81 bits per heavy atom. The van der Waals surface area contributed by atoms with Gasteiger partial charge >= 0.3 is 0 Å². The van der Waals surface area contributed by atoms with Crippen LogP contribution in [0.3, 0.4) is 0 Å². The van der Waals surface area contributed by atoms with Gasteiger partial charge in [0, 0.05) is 12.2 Å². The first-order valence-electron chi connectivity index (χ1n) is 8.84. The summed E-state index contributed by atoms with van der Waals surface area (Å²) in [6, 6.07) is 16.0. The number of pyridine rings is 1. The van der Waals surface area contributed by atoms with Gasteiger partial charge in [0.2, 0.25) is 0 Å². The highest BCUT2D eigenvalue weighted by Crippen LogP contribution is 2.21. The molecular formula is C22H22FN3O. The molecule has 0 atom stereocenters. The van der Waals surface area contributed by atoms with E-state index in [1.807, 2.05) is 25.1 Å². The zero-order chi connectivity index (χ0) is 19.2. The first-order chi connectivity index (χ1) is 13.0. The largest absolute Gasteiger partial charge is 0.354 e. The minimum atomic E-state index is -0.262. The second kappa shape index (κ2) is 8.45. The number of hydrogen-bond acceptors (Lipinski definition) is 3. The van der Waals surface area contributed by atoms with Crippen LogP contribution in [-0.4, -0.2) is 17.4 Å². The average Bonchev–Trinajstić information content (AvgIpc) is 2.66. The molecule has 0 radical (unpaired) electrons. The molecule has 0 aliphatic rings. The maximum absolute atomic E-state index is 12.9. The fraction of sp³-hybridized carbons (Fsp3) is 0.182. The van der Waals surface area contributed by atoms with E-state index < -0.39 is 0 Å². The van der Waals surface area contributed by atoms with E-state index in [9.17, 15) is 9.18 Å². The number of anilines is 2. The number of aromatic nitrogens is 1. The molecule has 0 spiro atoms. The van der Waals surface area contributed by atoms with E-state index in [1.165, 1.54) is 17.7 Å². The molecule has 2 aromatic carbocycles. The lowest BCUT2D eigenvalue weighted by molar-refractivity contribution is 0.0949. The smallest absolute Gasteiger partial charge is 0.269 e. The molecule has 0 saturated heterocycles. The van der Waals surface area contributed by atoms with E-state index in [0.717, 1.165) is 22.5 Å². The molecule has 1 heterocycles. The molecule has 3 aromatic rings. The van der Waals surface area contributed by atoms with Gasteiger partial charge in [0.15, 0.2) is 0 Å². The van der Waals surface area contributed by atoms with E-state index in [4.69, 9.17) is 0 Å². The van der Waals surface area contributed by atoms with Crippen molar-refractivity contribution in [3.63, 3.8) is 0 Å². The number of aryl methyl sites for hydroxylation is 2. The summed E-state index contributed by atoms with van der Waals surface area (Å²) in [6.07, 6.45) is 2.28. The van der Waals surface area contributed by atoms with Crippen LogP contribution < -0.4 is 10.6 Å². The zero-order valence-corrected chi connectivity index (χ0v) is 15.4. The third-order valence-corrected chi connectivity index (χ3v) is 4.27. The molecule has 0 fully saturated rings. The van der Waals surface area contributed by atoms with Gasteiger partial charge in [0.1, 0.15) is 11.5 Å². The SMILES string of the molecule is Cc1ccc(Nc2ccc(C(=O)NCCc3ccc(F)cc3)nc2)c(C)c1. The molecule has 138 valence electrons. The van der Waals surface area contributed by atoms with Gasteiger partial charge in [0.05, 0.1) is 11.9 Å². The van der Waals surface area contributed by atoms with Crippen molar-refractivity contribution in [3.05, 3.63) is 89.0 Å². The molecule has 27 heavy (non-hydrogen) atoms. The molecule has 5 heteroatoms. The highest BCUT2D eigenvalue weighted by atomic mass is 19.1. The van der Waals surface area contributed by atoms with Crippen LogP contribution in [0.4, 0.5) is 15.8 Å². The zero-order valence-electron chi connectivity index (χ0n) is 15.4. The summed E-state index contributed by atoms with van der Waals surface area (Å²) in [6.45, 7) is 4.57. The Bertz CT molecular complexity index is 921. The number of benzene rings is 2. The van der Waals surface area contributed by atoms with Crippen LogP contribution in [0.25, 0.3) is 0 Å². The van der Waals surface area contributed by atoms with Crippen LogP contribution in [0.2, 0.25) is 0 Å². The minimum Gasteiger partial charge on any atom is -0.354 e. The summed E-state index contributed by atoms with van der Waals surface area (Å²) in [5.41, 5.74) is 5.53. The number of nitrogens with one attached hydrogen (secondary N) is 2. The Morgan fingerprint density at radius 3 is 2.48 bits per heavy atom. The fourth-order valence-corrected chi connectivity index (χ4v) is 2.77. The second-order valence-corrected chi connectivity index (χ2v) is 6.51. The Kier molecular flexibility index (Phi) is 5.81. The molecule has 3 rings (SSSR count). The van der Waals surface area contributed by atoms with Gasteiger partial charge in [-0.2, -0.15) is 0 Å². The van der Waals surface area contributed by atoms with Crippen molar-refractivity contribution in [2.24, 2.45) is 0 Å². The third-order valence-electron chi connectivity index (χ3n) is 4.27. The summed E-state index contributed by atoms with van der Waals surface area (Å²) < 4.78 is 12.9. The molecule has 0 saturated carbocycles. The number of halogens is 1. The van der Waals surface area contributed by atoms with Crippen LogP contribution in [0.1, 0.15) is 27.2 Å². The van der Waals surface area contributed by atoms with Gasteiger partial charge in [0.25, 0.3) is 5.91 Å². The molecule has 0 unspecified atom stereocenters. The van der Waals surface area contributed by atoms with Gasteiger partial charge in [-0.15, -0.1) is 0 Å². The monoisotopic (exact) mass is 363 g/mol. The normalized spacial score (nSPS) is 10.5. The van der Waals surface area contributed by atoms with Gasteiger partial charge in [-0.1, -0.05) is 29.8 Å². The molecule has 0 aliphatic heterocycles. The van der Waals surface area contributed by atoms with Gasteiger partial charge in [-0.25, -0.2) is 9.37 Å². The molecule has 2 N–H and O–H groups in total. The maximum atomic E-state index is 12.9. The quantitative estimate of drug-likeness (QED) is 0.675. The Balaban J connectivity index is 1.54. The summed E-state index contributed by atoms with van der Waals surface area (Å²) in [7, 11) is 0. The van der Waals surface area contributed by atoms with Crippen molar-refractivity contribution < 1.29 is 9.18 Å². The van der Waals surface area contributed by atoms with E-state index >= 15 is 0 Å². The Labute approximate surface area is 158 Å². The molecule has 0 aliphatic carbocycles. The van der Waals surface area contributed by atoms with Crippen molar-refractivity contribution in [1.82, 2.24) is 10.3 Å². The van der Waals surface area contributed by atoms with E-state index in [-0.39, 0.29) is 11.7 Å². The molecule has 1 aromatic heterocycles. The molecular weight excluding hydrogens is 341 g/mol. The fourth-order valence-electron chi connectivity index (χ4n) is 2.77. The number of hydrogen-bond donors (Lipinski definition) is 2. The van der Waals surface area contributed by atoms with Crippen LogP contribution in [0.5, 0.6) is 0 Å². The number of carbonyl (C=O) groups excluding carboxylic acids is 1. The number of rotatable bonds is 6. The van der Waals surface area contributed by atoms with Crippen molar-refractivity contribution in [2.45, 2.75) is 20.3 Å². The Morgan fingerprint density at radius 1 is 1.04 bits per heavy atom. The predicted octanol–water partition coefficient (Wildman–Crippen LogP) is 4.55. The highest BCUT2D eigenvalue weighted by Gasteiger charge is 2.07. The lowest BCUT2D eigenvalue weighted by Gasteiger charge is -2.10. The van der Waals surface area contributed by atoms with E-state index in [1.54, 1.807) is 24.4 Å². The first-order valence-corrected chi connectivity index (χ1v) is 8.84. The van der Waals surface area contributed by atoms with Crippen molar-refractivity contribution in [3.8, 4) is 0 Å². The van der Waals surface area contributed by atoms with E-state index in [2.05, 4.69) is 28.6 Å². The highest BCUT2D eigenvalue weighted by molar-refractivity contribution is 5.92. The van der Waals surface area contributed by atoms with Gasteiger partial charge < -0.3 is 10.6 Å².